The van der Waals surface area contributed by atoms with Crippen molar-refractivity contribution in [2.75, 3.05) is 44.9 Å². The van der Waals surface area contributed by atoms with Crippen molar-refractivity contribution in [3.8, 4) is 28.6 Å². The zero-order valence-electron chi connectivity index (χ0n) is 16.8. The fourth-order valence-corrected chi connectivity index (χ4v) is 3.32. The van der Waals surface area contributed by atoms with Crippen molar-refractivity contribution in [2.45, 2.75) is 26.4 Å². The fraction of sp³-hybridized carbons (Fsp3) is 0.500. The lowest BCUT2D eigenvalue weighted by Gasteiger charge is -2.35. The quantitative estimate of drug-likeness (QED) is 0.780. The first-order valence-electron chi connectivity index (χ1n) is 9.66. The number of phenols is 1. The first-order valence-corrected chi connectivity index (χ1v) is 9.66. The Morgan fingerprint density at radius 1 is 1.21 bits per heavy atom. The van der Waals surface area contributed by atoms with Gasteiger partial charge in [-0.1, -0.05) is 0 Å². The molecular formula is C20H25N3O6. The first kappa shape index (κ1) is 19.7. The van der Waals surface area contributed by atoms with E-state index in [9.17, 15) is 5.11 Å². The Bertz CT molecular complexity index is 866. The molecule has 0 unspecified atom stereocenters. The molecule has 3 heterocycles. The smallest absolute Gasteiger partial charge is 0.210 e. The summed E-state index contributed by atoms with van der Waals surface area (Å²) in [6, 6.07) is 5.00. The topological polar surface area (TPSA) is 95.4 Å². The van der Waals surface area contributed by atoms with E-state index in [1.54, 1.807) is 18.2 Å². The number of aromatic nitrogens is 2. The van der Waals surface area contributed by atoms with Gasteiger partial charge in [-0.3, -0.25) is 0 Å². The number of rotatable bonds is 6. The summed E-state index contributed by atoms with van der Waals surface area (Å²) in [7, 11) is 1.50. The summed E-state index contributed by atoms with van der Waals surface area (Å²) >= 11 is 0. The Balaban J connectivity index is 1.83. The van der Waals surface area contributed by atoms with Crippen LogP contribution in [0, 0.1) is 0 Å². The van der Waals surface area contributed by atoms with Crippen molar-refractivity contribution >= 4 is 5.82 Å². The molecule has 1 aromatic heterocycles. The maximum atomic E-state index is 9.93. The van der Waals surface area contributed by atoms with Crippen LogP contribution in [0.1, 0.15) is 25.8 Å². The molecule has 2 fully saturated rings. The first-order chi connectivity index (χ1) is 14.1. The molecule has 0 bridgehead atoms. The molecule has 1 aromatic carbocycles. The highest BCUT2D eigenvalue weighted by molar-refractivity contribution is 5.66. The van der Waals surface area contributed by atoms with Crippen LogP contribution < -0.4 is 14.4 Å². The normalized spacial score (nSPS) is 21.6. The highest BCUT2D eigenvalue weighted by Crippen LogP contribution is 2.42. The predicted octanol–water partition coefficient (Wildman–Crippen LogP) is 2.48. The lowest BCUT2D eigenvalue weighted by atomic mass is 10.1. The summed E-state index contributed by atoms with van der Waals surface area (Å²) in [5, 5.41) is 9.93. The zero-order chi connectivity index (χ0) is 20.4. The molecule has 0 radical (unpaired) electrons. The van der Waals surface area contributed by atoms with Crippen molar-refractivity contribution in [3.63, 3.8) is 0 Å². The number of morpholine rings is 1. The van der Waals surface area contributed by atoms with Gasteiger partial charge in [-0.15, -0.1) is 0 Å². The number of methoxy groups -OCH3 is 1. The minimum atomic E-state index is -0.618. The Hall–Kier alpha value is -2.62. The minimum Gasteiger partial charge on any atom is -0.504 e. The molecule has 29 heavy (non-hydrogen) atoms. The average Bonchev–Trinajstić information content (AvgIpc) is 2.73. The zero-order valence-corrected chi connectivity index (χ0v) is 16.8. The molecular weight excluding hydrogens is 378 g/mol. The van der Waals surface area contributed by atoms with Crippen molar-refractivity contribution in [1.29, 1.82) is 0 Å². The third kappa shape index (κ3) is 3.93. The van der Waals surface area contributed by atoms with E-state index in [2.05, 4.69) is 4.90 Å². The van der Waals surface area contributed by atoms with Gasteiger partial charge in [0, 0.05) is 18.7 Å². The number of hydrogen-bond donors (Lipinski definition) is 1. The maximum absolute atomic E-state index is 9.93. The van der Waals surface area contributed by atoms with E-state index in [1.807, 2.05) is 13.8 Å². The molecule has 9 heteroatoms. The Kier molecular flexibility index (Phi) is 5.70. The predicted molar refractivity (Wildman–Crippen MR) is 104 cm³/mol. The molecule has 4 rings (SSSR count). The fourth-order valence-electron chi connectivity index (χ4n) is 3.32. The van der Waals surface area contributed by atoms with Crippen molar-refractivity contribution in [3.05, 3.63) is 23.9 Å². The van der Waals surface area contributed by atoms with Gasteiger partial charge < -0.3 is 33.7 Å². The van der Waals surface area contributed by atoms with Gasteiger partial charge in [-0.25, -0.2) is 9.97 Å². The third-order valence-corrected chi connectivity index (χ3v) is 4.76. The Labute approximate surface area is 169 Å². The van der Waals surface area contributed by atoms with Crippen LogP contribution in [0.2, 0.25) is 0 Å². The van der Waals surface area contributed by atoms with Crippen LogP contribution in [-0.4, -0.2) is 61.4 Å². The van der Waals surface area contributed by atoms with Crippen molar-refractivity contribution < 1.29 is 28.8 Å². The highest BCUT2D eigenvalue weighted by atomic mass is 16.9. The number of hydrogen-bond acceptors (Lipinski definition) is 9. The molecule has 0 amide bonds. The number of phenolic OH excluding ortho intramolecular Hbond substituents is 1. The van der Waals surface area contributed by atoms with E-state index in [1.165, 1.54) is 7.11 Å². The largest absolute Gasteiger partial charge is 0.504 e. The minimum absolute atomic E-state index is 0.0512. The number of ether oxygens (including phenoxy) is 5. The summed E-state index contributed by atoms with van der Waals surface area (Å²) in [6.07, 6.45) is -0.916. The monoisotopic (exact) mass is 403 g/mol. The molecule has 2 aromatic rings. The van der Waals surface area contributed by atoms with Gasteiger partial charge in [0.15, 0.2) is 35.2 Å². The van der Waals surface area contributed by atoms with Crippen LogP contribution >= 0.6 is 0 Å². The second-order valence-electron chi connectivity index (χ2n) is 6.68. The average molecular weight is 403 g/mol. The van der Waals surface area contributed by atoms with E-state index in [0.717, 1.165) is 0 Å². The van der Waals surface area contributed by atoms with Gasteiger partial charge in [-0.2, -0.15) is 0 Å². The lowest BCUT2D eigenvalue weighted by Crippen LogP contribution is -2.38. The SMILES string of the molecule is CCOc1c(C2OC(C)O2)nc(-c2ccc(O)c(OC)c2)nc1N1CCOCC1. The Morgan fingerprint density at radius 2 is 1.97 bits per heavy atom. The number of nitrogens with zero attached hydrogens (tertiary/aromatic N) is 3. The third-order valence-electron chi connectivity index (χ3n) is 4.76. The van der Waals surface area contributed by atoms with Crippen LogP contribution in [0.5, 0.6) is 17.2 Å². The molecule has 2 aliphatic rings. The van der Waals surface area contributed by atoms with Gasteiger partial charge in [0.2, 0.25) is 6.29 Å². The van der Waals surface area contributed by atoms with Gasteiger partial charge in [0.25, 0.3) is 0 Å². The van der Waals surface area contributed by atoms with Crippen molar-refractivity contribution in [1.82, 2.24) is 9.97 Å². The Morgan fingerprint density at radius 3 is 2.62 bits per heavy atom. The van der Waals surface area contributed by atoms with E-state index in [0.29, 0.717) is 67.3 Å². The van der Waals surface area contributed by atoms with Crippen LogP contribution in [0.25, 0.3) is 11.4 Å². The molecule has 0 saturated carbocycles. The van der Waals surface area contributed by atoms with E-state index in [4.69, 9.17) is 33.7 Å². The number of anilines is 1. The van der Waals surface area contributed by atoms with E-state index < -0.39 is 6.29 Å². The summed E-state index contributed by atoms with van der Waals surface area (Å²) in [5.41, 5.74) is 1.24. The van der Waals surface area contributed by atoms with Gasteiger partial charge in [0.1, 0.15) is 5.69 Å². The summed E-state index contributed by atoms with van der Waals surface area (Å²) < 4.78 is 28.1. The van der Waals surface area contributed by atoms with Crippen LogP contribution in [0.4, 0.5) is 5.82 Å². The van der Waals surface area contributed by atoms with Crippen LogP contribution in [0.3, 0.4) is 0 Å². The molecule has 0 spiro atoms. The standard InChI is InChI=1S/C20H25N3O6/c1-4-27-17-16(20-28-12(2)29-20)21-18(13-5-6-14(24)15(11-13)25-3)22-19(17)23-7-9-26-10-8-23/h5-6,11-12,20,24H,4,7-10H2,1-3H3. The van der Waals surface area contributed by atoms with Crippen LogP contribution in [0.15, 0.2) is 18.2 Å². The second-order valence-corrected chi connectivity index (χ2v) is 6.68. The number of benzene rings is 1. The molecule has 2 saturated heterocycles. The molecule has 0 aliphatic carbocycles. The molecule has 0 atom stereocenters. The van der Waals surface area contributed by atoms with Gasteiger partial charge in [0.05, 0.1) is 26.9 Å². The highest BCUT2D eigenvalue weighted by Gasteiger charge is 2.36. The molecule has 1 N–H and O–H groups in total. The molecule has 156 valence electrons. The summed E-state index contributed by atoms with van der Waals surface area (Å²) in [6.45, 7) is 6.81. The van der Waals surface area contributed by atoms with E-state index in [-0.39, 0.29) is 12.0 Å². The van der Waals surface area contributed by atoms with E-state index >= 15 is 0 Å². The van der Waals surface area contributed by atoms with Crippen LogP contribution in [-0.2, 0) is 14.2 Å². The summed E-state index contributed by atoms with van der Waals surface area (Å²) in [5.74, 6) is 2.10. The number of aromatic hydroxyl groups is 1. The lowest BCUT2D eigenvalue weighted by molar-refractivity contribution is -0.384. The summed E-state index contributed by atoms with van der Waals surface area (Å²) in [4.78, 5) is 11.6. The van der Waals surface area contributed by atoms with Gasteiger partial charge >= 0.3 is 0 Å². The second kappa shape index (κ2) is 8.40. The maximum Gasteiger partial charge on any atom is 0.210 e. The van der Waals surface area contributed by atoms with Gasteiger partial charge in [-0.05, 0) is 32.0 Å². The molecule has 9 nitrogen and oxygen atoms in total. The van der Waals surface area contributed by atoms with Crippen molar-refractivity contribution in [2.24, 2.45) is 0 Å². The molecule has 2 aliphatic heterocycles.